The molecule has 0 saturated carbocycles. The molecule has 0 aromatic carbocycles. The first-order valence-corrected chi connectivity index (χ1v) is 0. The molecule has 0 atom stereocenters. The molecule has 41 valence electrons. The van der Waals surface area contributed by atoms with E-state index < -0.39 is 0 Å². The topological polar surface area (TPSA) is 85.5 Å². The first kappa shape index (κ1) is 108. The Labute approximate surface area is 76.7 Å². The van der Waals surface area contributed by atoms with E-state index in [9.17, 15) is 0 Å². The minimum atomic E-state index is 0. The number of rotatable bonds is 0. The molecule has 0 N–H and O–H groups in total. The second-order valence-electron chi connectivity index (χ2n) is 0. The van der Waals surface area contributed by atoms with Crippen molar-refractivity contribution in [3.8, 4) is 0 Å². The minimum Gasteiger partial charge on any atom is -2.00 e. The van der Waals surface area contributed by atoms with Gasteiger partial charge < -0.3 is 16.4 Å². The van der Waals surface area contributed by atoms with Crippen molar-refractivity contribution in [1.82, 2.24) is 0 Å². The van der Waals surface area contributed by atoms with Crippen LogP contribution in [0.15, 0.2) is 0 Å². The molecule has 0 heterocycles. The largest absolute Gasteiger partial charge is 6.00 e. The summed E-state index contributed by atoms with van der Waals surface area (Å²) < 4.78 is 0. The van der Waals surface area contributed by atoms with E-state index in [2.05, 4.69) is 0 Å². The molecule has 6 heteroatoms. The Morgan fingerprint density at radius 2 is 0.667 bits per heavy atom. The van der Waals surface area contributed by atoms with Crippen LogP contribution >= 0.6 is 0 Å². The van der Waals surface area contributed by atoms with Crippen molar-refractivity contribution in [3.63, 3.8) is 0 Å². The average molecular weight is 392 g/mol. The maximum atomic E-state index is 0. The van der Waals surface area contributed by atoms with Crippen molar-refractivity contribution in [2.24, 2.45) is 0 Å². The van der Waals surface area contributed by atoms with Crippen LogP contribution in [0, 0.1) is 0 Å². The van der Waals surface area contributed by atoms with Crippen LogP contribution in [0.3, 0.4) is 0 Å². The van der Waals surface area contributed by atoms with Crippen LogP contribution in [0.1, 0.15) is 0 Å². The third-order valence-corrected chi connectivity index (χ3v) is 0. The van der Waals surface area contributed by atoms with Gasteiger partial charge in [-0.3, -0.25) is 0 Å². The standard InChI is InChI=1S/Ag.Cr.3O.W/q;;3*-2;+6. The monoisotopic (exact) mass is 391 g/mol. The van der Waals surface area contributed by atoms with Gasteiger partial charge in [0.15, 0.2) is 0 Å². The molecule has 0 saturated heterocycles. The molecule has 0 aromatic heterocycles. The molecular formula is AgCrO3W. The molecular weight excluding hydrogens is 392 g/mol. The van der Waals surface area contributed by atoms with E-state index in [1.165, 1.54) is 0 Å². The maximum absolute atomic E-state index is 0. The van der Waals surface area contributed by atoms with Crippen LogP contribution in [-0.4, -0.2) is 0 Å². The molecule has 0 bridgehead atoms. The Morgan fingerprint density at radius 3 is 0.667 bits per heavy atom. The third-order valence-electron chi connectivity index (χ3n) is 0. The van der Waals surface area contributed by atoms with Crippen LogP contribution in [-0.2, 0) is 77.2 Å². The van der Waals surface area contributed by atoms with Crippen molar-refractivity contribution in [1.29, 1.82) is 0 Å². The van der Waals surface area contributed by atoms with Gasteiger partial charge in [0.2, 0.25) is 0 Å². The van der Waals surface area contributed by atoms with E-state index in [4.69, 9.17) is 0 Å². The first-order valence-electron chi connectivity index (χ1n) is 0. The van der Waals surface area contributed by atoms with E-state index in [1.807, 2.05) is 0 Å². The van der Waals surface area contributed by atoms with Gasteiger partial charge in [-0.15, -0.1) is 0 Å². The Balaban J connectivity index is 0. The van der Waals surface area contributed by atoms with E-state index in [0.717, 1.165) is 0 Å². The van der Waals surface area contributed by atoms with Crippen LogP contribution in [0.4, 0.5) is 0 Å². The van der Waals surface area contributed by atoms with Gasteiger partial charge in [-0.2, -0.15) is 0 Å². The Hall–Kier alpha value is 1.84. The van der Waals surface area contributed by atoms with Gasteiger partial charge >= 0.3 is 21.1 Å². The van der Waals surface area contributed by atoms with E-state index in [1.54, 1.807) is 0 Å². The summed E-state index contributed by atoms with van der Waals surface area (Å²) in [4.78, 5) is 0. The van der Waals surface area contributed by atoms with Crippen molar-refractivity contribution < 1.29 is 77.2 Å². The summed E-state index contributed by atoms with van der Waals surface area (Å²) in [6.07, 6.45) is 0. The Kier molecular flexibility index (Phi) is 1240. The van der Waals surface area contributed by atoms with Gasteiger partial charge in [0.25, 0.3) is 0 Å². The van der Waals surface area contributed by atoms with Gasteiger partial charge in [-0.25, -0.2) is 0 Å². The summed E-state index contributed by atoms with van der Waals surface area (Å²) in [5.74, 6) is 0. The van der Waals surface area contributed by atoms with E-state index >= 15 is 0 Å². The summed E-state index contributed by atoms with van der Waals surface area (Å²) in [5.41, 5.74) is 0. The SMILES string of the molecule is [Ag].[Cr].[O-2].[O-2].[O-2].[W+6]. The number of hydrogen-bond acceptors (Lipinski definition) is 0. The second-order valence-corrected chi connectivity index (χ2v) is 0. The fourth-order valence-electron chi connectivity index (χ4n) is 0. The molecule has 0 rings (SSSR count). The maximum Gasteiger partial charge on any atom is 6.00 e. The summed E-state index contributed by atoms with van der Waals surface area (Å²) in [6.45, 7) is 0. The fourth-order valence-corrected chi connectivity index (χ4v) is 0. The van der Waals surface area contributed by atoms with Crippen LogP contribution < -0.4 is 0 Å². The number of hydrogen-bond donors (Lipinski definition) is 0. The molecule has 1 radical (unpaired) electrons. The van der Waals surface area contributed by atoms with E-state index in [-0.39, 0.29) is 77.2 Å². The van der Waals surface area contributed by atoms with E-state index in [0.29, 0.717) is 0 Å². The molecule has 0 aliphatic carbocycles. The summed E-state index contributed by atoms with van der Waals surface area (Å²) >= 11 is 0. The van der Waals surface area contributed by atoms with Crippen molar-refractivity contribution in [2.75, 3.05) is 0 Å². The molecule has 0 aliphatic heterocycles. The minimum absolute atomic E-state index is 0. The molecule has 3 nitrogen and oxygen atoms in total. The fraction of sp³-hybridized carbons (Fsp3) is 0. The third kappa shape index (κ3) is 40.4. The second kappa shape index (κ2) is 68.9. The van der Waals surface area contributed by atoms with Gasteiger partial charge in [0, 0.05) is 39.7 Å². The van der Waals surface area contributed by atoms with Gasteiger partial charge in [-0.05, 0) is 0 Å². The van der Waals surface area contributed by atoms with Crippen LogP contribution in [0.2, 0.25) is 0 Å². The molecule has 0 aliphatic rings. The quantitative estimate of drug-likeness (QED) is 0.505. The zero-order valence-corrected chi connectivity index (χ0v) is 8.03. The Bertz CT molecular complexity index is 10.8. The molecule has 0 unspecified atom stereocenters. The Morgan fingerprint density at radius 1 is 0.667 bits per heavy atom. The predicted octanol–water partition coefficient (Wildman–Crippen LogP) is -0.364. The van der Waals surface area contributed by atoms with Gasteiger partial charge in [0.05, 0.1) is 0 Å². The molecule has 6 heavy (non-hydrogen) atoms. The van der Waals surface area contributed by atoms with Crippen molar-refractivity contribution in [2.45, 2.75) is 0 Å². The van der Waals surface area contributed by atoms with Gasteiger partial charge in [-0.1, -0.05) is 0 Å². The first-order chi connectivity index (χ1) is 0. The van der Waals surface area contributed by atoms with Gasteiger partial charge in [0.1, 0.15) is 0 Å². The smallest absolute Gasteiger partial charge is 2.00 e. The molecule has 0 fully saturated rings. The molecule has 0 aromatic rings. The summed E-state index contributed by atoms with van der Waals surface area (Å²) in [7, 11) is 0. The average Bonchev–Trinajstić information content (AvgIpc) is 0. The predicted molar refractivity (Wildman–Crippen MR) is 2.06 cm³/mol. The zero-order chi connectivity index (χ0) is 0. The van der Waals surface area contributed by atoms with Crippen molar-refractivity contribution in [3.05, 3.63) is 0 Å². The molecule has 0 amide bonds. The van der Waals surface area contributed by atoms with Crippen LogP contribution in [0.25, 0.3) is 0 Å². The molecule has 0 spiro atoms. The summed E-state index contributed by atoms with van der Waals surface area (Å²) in [6, 6.07) is 0. The van der Waals surface area contributed by atoms with Crippen LogP contribution in [0.5, 0.6) is 0 Å². The normalized spacial score (nSPS) is 0. The zero-order valence-electron chi connectivity index (χ0n) is 2.34. The van der Waals surface area contributed by atoms with Crippen molar-refractivity contribution >= 4 is 0 Å². The summed E-state index contributed by atoms with van der Waals surface area (Å²) in [5, 5.41) is 0.